The van der Waals surface area contributed by atoms with E-state index in [1.165, 1.54) is 6.92 Å². The van der Waals surface area contributed by atoms with E-state index in [4.69, 9.17) is 10.00 Å². The van der Waals surface area contributed by atoms with Gasteiger partial charge in [-0.05, 0) is 50.1 Å². The SMILES string of the molecule is Cc1cccc(N2C[C@@H](C(=O)O[C@H](C)C(=O)Nc3ccccc3C#N)CC2=O)c1C. The molecule has 0 unspecified atom stereocenters. The Morgan fingerprint density at radius 1 is 1.20 bits per heavy atom. The second kappa shape index (κ2) is 8.78. The third kappa shape index (κ3) is 4.33. The van der Waals surface area contributed by atoms with Crippen LogP contribution < -0.4 is 10.2 Å². The number of hydrogen-bond acceptors (Lipinski definition) is 5. The van der Waals surface area contributed by atoms with Crippen LogP contribution in [0.15, 0.2) is 42.5 Å². The van der Waals surface area contributed by atoms with Crippen molar-refractivity contribution in [3.8, 4) is 6.07 Å². The van der Waals surface area contributed by atoms with Gasteiger partial charge < -0.3 is 15.0 Å². The third-order valence-electron chi connectivity index (χ3n) is 5.29. The zero-order chi connectivity index (χ0) is 21.8. The molecular weight excluding hydrogens is 382 g/mol. The van der Waals surface area contributed by atoms with E-state index in [-0.39, 0.29) is 18.9 Å². The number of ether oxygens (including phenoxy) is 1. The van der Waals surface area contributed by atoms with Crippen molar-refractivity contribution in [3.63, 3.8) is 0 Å². The van der Waals surface area contributed by atoms with Crippen molar-refractivity contribution in [2.45, 2.75) is 33.3 Å². The van der Waals surface area contributed by atoms with E-state index in [1.54, 1.807) is 29.2 Å². The molecule has 1 aliphatic heterocycles. The van der Waals surface area contributed by atoms with Crippen LogP contribution in [0.4, 0.5) is 11.4 Å². The molecule has 30 heavy (non-hydrogen) atoms. The summed E-state index contributed by atoms with van der Waals surface area (Å²) < 4.78 is 5.32. The summed E-state index contributed by atoms with van der Waals surface area (Å²) in [5.74, 6) is -1.92. The van der Waals surface area contributed by atoms with Gasteiger partial charge in [0.2, 0.25) is 5.91 Å². The molecule has 1 heterocycles. The maximum absolute atomic E-state index is 12.6. The monoisotopic (exact) mass is 405 g/mol. The van der Waals surface area contributed by atoms with E-state index in [0.29, 0.717) is 11.3 Å². The molecule has 7 heteroatoms. The quantitative estimate of drug-likeness (QED) is 0.771. The number of rotatable bonds is 5. The summed E-state index contributed by atoms with van der Waals surface area (Å²) in [6, 6.07) is 14.3. The Balaban J connectivity index is 1.63. The van der Waals surface area contributed by atoms with Gasteiger partial charge in [0, 0.05) is 18.7 Å². The van der Waals surface area contributed by atoms with E-state index in [2.05, 4.69) is 5.32 Å². The second-order valence-electron chi connectivity index (χ2n) is 7.35. The Labute approximate surface area is 175 Å². The first-order valence-corrected chi connectivity index (χ1v) is 9.69. The van der Waals surface area contributed by atoms with Crippen LogP contribution in [0.5, 0.6) is 0 Å². The first-order chi connectivity index (χ1) is 14.3. The molecule has 0 spiro atoms. The van der Waals surface area contributed by atoms with Crippen molar-refractivity contribution in [1.29, 1.82) is 5.26 Å². The molecule has 154 valence electrons. The Hall–Kier alpha value is -3.66. The second-order valence-corrected chi connectivity index (χ2v) is 7.35. The summed E-state index contributed by atoms with van der Waals surface area (Å²) in [6.45, 7) is 5.58. The number of nitrogens with one attached hydrogen (secondary N) is 1. The maximum atomic E-state index is 12.6. The molecule has 2 aromatic carbocycles. The maximum Gasteiger partial charge on any atom is 0.312 e. The zero-order valence-electron chi connectivity index (χ0n) is 17.1. The van der Waals surface area contributed by atoms with Gasteiger partial charge in [0.25, 0.3) is 5.91 Å². The van der Waals surface area contributed by atoms with E-state index in [9.17, 15) is 14.4 Å². The highest BCUT2D eigenvalue weighted by Crippen LogP contribution is 2.30. The molecule has 1 aliphatic rings. The van der Waals surface area contributed by atoms with Crippen LogP contribution in [-0.2, 0) is 19.1 Å². The van der Waals surface area contributed by atoms with Crippen molar-refractivity contribution >= 4 is 29.2 Å². The molecule has 2 atom stereocenters. The number of anilines is 2. The predicted octanol–water partition coefficient (Wildman–Crippen LogP) is 3.10. The molecule has 0 radical (unpaired) electrons. The van der Waals surface area contributed by atoms with Gasteiger partial charge in [0.1, 0.15) is 6.07 Å². The van der Waals surface area contributed by atoms with Crippen LogP contribution in [0.3, 0.4) is 0 Å². The molecule has 7 nitrogen and oxygen atoms in total. The number of nitriles is 1. The Bertz CT molecular complexity index is 1040. The normalized spacial score (nSPS) is 16.7. The predicted molar refractivity (Wildman–Crippen MR) is 112 cm³/mol. The van der Waals surface area contributed by atoms with E-state index >= 15 is 0 Å². The first-order valence-electron chi connectivity index (χ1n) is 9.69. The number of carbonyl (C=O) groups is 3. The van der Waals surface area contributed by atoms with Crippen LogP contribution in [-0.4, -0.2) is 30.4 Å². The number of hydrogen-bond donors (Lipinski definition) is 1. The fraction of sp³-hybridized carbons (Fsp3) is 0.304. The number of esters is 1. The molecule has 0 aliphatic carbocycles. The third-order valence-corrected chi connectivity index (χ3v) is 5.29. The fourth-order valence-corrected chi connectivity index (χ4v) is 3.37. The van der Waals surface area contributed by atoms with E-state index < -0.39 is 23.9 Å². The number of aryl methyl sites for hydroxylation is 1. The molecule has 1 N–H and O–H groups in total. The lowest BCUT2D eigenvalue weighted by Gasteiger charge is -2.20. The minimum atomic E-state index is -1.06. The van der Waals surface area contributed by atoms with Crippen molar-refractivity contribution in [3.05, 3.63) is 59.2 Å². The first kappa shape index (κ1) is 21.1. The van der Waals surface area contributed by atoms with Gasteiger partial charge in [0.15, 0.2) is 6.10 Å². The molecule has 3 rings (SSSR count). The van der Waals surface area contributed by atoms with Crippen LogP contribution in [0.1, 0.15) is 30.0 Å². The summed E-state index contributed by atoms with van der Waals surface area (Å²) in [5, 5.41) is 11.7. The minimum absolute atomic E-state index is 0.0395. The highest BCUT2D eigenvalue weighted by molar-refractivity contribution is 6.01. The largest absolute Gasteiger partial charge is 0.452 e. The van der Waals surface area contributed by atoms with Gasteiger partial charge in [-0.15, -0.1) is 0 Å². The van der Waals surface area contributed by atoms with Crippen LogP contribution >= 0.6 is 0 Å². The van der Waals surface area contributed by atoms with Crippen LogP contribution in [0, 0.1) is 31.1 Å². The summed E-state index contributed by atoms with van der Waals surface area (Å²) >= 11 is 0. The lowest BCUT2D eigenvalue weighted by atomic mass is 10.1. The van der Waals surface area contributed by atoms with E-state index in [1.807, 2.05) is 38.1 Å². The highest BCUT2D eigenvalue weighted by Gasteiger charge is 2.37. The summed E-state index contributed by atoms with van der Waals surface area (Å²) in [6.07, 6.45) is -1.02. The van der Waals surface area contributed by atoms with Gasteiger partial charge in [-0.25, -0.2) is 0 Å². The Morgan fingerprint density at radius 3 is 2.67 bits per heavy atom. The van der Waals surface area contributed by atoms with Gasteiger partial charge in [-0.1, -0.05) is 24.3 Å². The average Bonchev–Trinajstić information content (AvgIpc) is 3.12. The average molecular weight is 405 g/mol. The van der Waals surface area contributed by atoms with Gasteiger partial charge in [0.05, 0.1) is 17.2 Å². The topological polar surface area (TPSA) is 99.5 Å². The number of carbonyl (C=O) groups excluding carboxylic acids is 3. The number of nitrogens with zero attached hydrogens (tertiary/aromatic N) is 2. The summed E-state index contributed by atoms with van der Waals surface area (Å²) in [7, 11) is 0. The summed E-state index contributed by atoms with van der Waals surface area (Å²) in [5.41, 5.74) is 3.51. The lowest BCUT2D eigenvalue weighted by Crippen LogP contribution is -2.33. The molecule has 1 fully saturated rings. The molecule has 0 bridgehead atoms. The summed E-state index contributed by atoms with van der Waals surface area (Å²) in [4.78, 5) is 39.1. The van der Waals surface area contributed by atoms with Crippen molar-refractivity contribution in [2.24, 2.45) is 5.92 Å². The van der Waals surface area contributed by atoms with E-state index in [0.717, 1.165) is 16.8 Å². The number of amides is 2. The molecular formula is C23H23N3O4. The van der Waals surface area contributed by atoms with Gasteiger partial charge in [-0.2, -0.15) is 5.26 Å². The van der Waals surface area contributed by atoms with Crippen molar-refractivity contribution in [2.75, 3.05) is 16.8 Å². The smallest absolute Gasteiger partial charge is 0.312 e. The minimum Gasteiger partial charge on any atom is -0.452 e. The van der Waals surface area contributed by atoms with Crippen molar-refractivity contribution in [1.82, 2.24) is 0 Å². The Morgan fingerprint density at radius 2 is 1.93 bits per heavy atom. The van der Waals surface area contributed by atoms with Gasteiger partial charge in [-0.3, -0.25) is 14.4 Å². The standard InChI is InChI=1S/C23H23N3O4/c1-14-7-6-10-20(15(14)2)26-13-18(11-21(26)27)23(29)30-16(3)22(28)25-19-9-5-4-8-17(19)12-24/h4-10,16,18H,11,13H2,1-3H3,(H,25,28)/t16-,18+/m1/s1. The van der Waals surface area contributed by atoms with Crippen LogP contribution in [0.2, 0.25) is 0 Å². The van der Waals surface area contributed by atoms with Gasteiger partial charge >= 0.3 is 5.97 Å². The number of benzene rings is 2. The number of para-hydroxylation sites is 1. The highest BCUT2D eigenvalue weighted by atomic mass is 16.5. The molecule has 0 aromatic heterocycles. The van der Waals surface area contributed by atoms with Crippen molar-refractivity contribution < 1.29 is 19.1 Å². The fourth-order valence-electron chi connectivity index (χ4n) is 3.37. The molecule has 1 saturated heterocycles. The molecule has 2 aromatic rings. The molecule has 2 amide bonds. The van der Waals surface area contributed by atoms with Crippen LogP contribution in [0.25, 0.3) is 0 Å². The Kier molecular flexibility index (Phi) is 6.17. The lowest BCUT2D eigenvalue weighted by molar-refractivity contribution is -0.157. The zero-order valence-corrected chi connectivity index (χ0v) is 17.1. The molecule has 0 saturated carbocycles.